The molecule has 2 saturated heterocycles. The third-order valence-electron chi connectivity index (χ3n) is 4.18. The fraction of sp³-hybridized carbons (Fsp3) is 1.00. The van der Waals surface area contributed by atoms with E-state index in [9.17, 15) is 0 Å². The van der Waals surface area contributed by atoms with Gasteiger partial charge in [-0.3, -0.25) is 0 Å². The van der Waals surface area contributed by atoms with E-state index in [2.05, 4.69) is 31.1 Å². The van der Waals surface area contributed by atoms with Gasteiger partial charge in [-0.05, 0) is 38.0 Å². The van der Waals surface area contributed by atoms with Gasteiger partial charge in [-0.1, -0.05) is 6.92 Å². The minimum atomic E-state index is 0.0490. The first kappa shape index (κ1) is 14.6. The molecule has 18 heavy (non-hydrogen) atoms. The van der Waals surface area contributed by atoms with E-state index in [0.717, 1.165) is 32.2 Å². The Balaban J connectivity index is 1.85. The van der Waals surface area contributed by atoms with Crippen molar-refractivity contribution in [1.82, 2.24) is 5.32 Å². The number of hydrogen-bond donors (Lipinski definition) is 1. The molecule has 2 rings (SSSR count). The van der Waals surface area contributed by atoms with Crippen LogP contribution in [0.3, 0.4) is 0 Å². The Bertz CT molecular complexity index is 244. The number of rotatable bonds is 6. The number of hydrogen-bond acceptors (Lipinski definition) is 4. The van der Waals surface area contributed by atoms with Crippen molar-refractivity contribution in [2.75, 3.05) is 38.4 Å². The average Bonchev–Trinajstić information content (AvgIpc) is 2.83. The molecule has 0 aliphatic carbocycles. The molecule has 1 N–H and O–H groups in total. The fourth-order valence-electron chi connectivity index (χ4n) is 3.08. The second kappa shape index (κ2) is 7.13. The highest BCUT2D eigenvalue weighted by atomic mass is 32.2. The van der Waals surface area contributed by atoms with Crippen LogP contribution in [0.15, 0.2) is 0 Å². The van der Waals surface area contributed by atoms with E-state index in [1.54, 1.807) is 0 Å². The van der Waals surface area contributed by atoms with Crippen LogP contribution in [-0.2, 0) is 9.47 Å². The summed E-state index contributed by atoms with van der Waals surface area (Å²) in [5.74, 6) is 3.25. The molecule has 0 aromatic heterocycles. The lowest BCUT2D eigenvalue weighted by molar-refractivity contribution is -0.101. The third-order valence-corrected chi connectivity index (χ3v) is 5.48. The summed E-state index contributed by atoms with van der Waals surface area (Å²) in [5, 5.41) is 3.52. The van der Waals surface area contributed by atoms with Crippen LogP contribution in [-0.4, -0.2) is 50.0 Å². The quantitative estimate of drug-likeness (QED) is 0.752. The van der Waals surface area contributed by atoms with E-state index in [0.29, 0.717) is 6.04 Å². The maximum atomic E-state index is 6.02. The Labute approximate surface area is 115 Å². The lowest BCUT2D eigenvalue weighted by Crippen LogP contribution is -2.47. The van der Waals surface area contributed by atoms with Gasteiger partial charge in [0.2, 0.25) is 0 Å². The van der Waals surface area contributed by atoms with Crippen LogP contribution < -0.4 is 5.32 Å². The zero-order chi connectivity index (χ0) is 12.8. The molecule has 3 unspecified atom stereocenters. The van der Waals surface area contributed by atoms with Gasteiger partial charge in [-0.25, -0.2) is 0 Å². The standard InChI is InChI=1S/C14H27NO2S/c1-3-8-18-10-13(15-2)12-4-6-17-14(9-12)5-7-16-11-14/h12-13,15H,3-11H2,1-2H3. The Kier molecular flexibility index (Phi) is 5.80. The topological polar surface area (TPSA) is 30.5 Å². The van der Waals surface area contributed by atoms with Gasteiger partial charge in [-0.15, -0.1) is 0 Å². The predicted molar refractivity (Wildman–Crippen MR) is 77.3 cm³/mol. The lowest BCUT2D eigenvalue weighted by atomic mass is 9.81. The van der Waals surface area contributed by atoms with E-state index in [-0.39, 0.29) is 5.60 Å². The molecule has 2 fully saturated rings. The highest BCUT2D eigenvalue weighted by Crippen LogP contribution is 2.37. The van der Waals surface area contributed by atoms with Gasteiger partial charge in [0.15, 0.2) is 0 Å². The smallest absolute Gasteiger partial charge is 0.0939 e. The molecular formula is C14H27NO2S. The minimum Gasteiger partial charge on any atom is -0.378 e. The van der Waals surface area contributed by atoms with E-state index >= 15 is 0 Å². The molecule has 0 amide bonds. The van der Waals surface area contributed by atoms with Crippen molar-refractivity contribution in [3.63, 3.8) is 0 Å². The summed E-state index contributed by atoms with van der Waals surface area (Å²) >= 11 is 2.08. The highest BCUT2D eigenvalue weighted by molar-refractivity contribution is 7.99. The first-order valence-corrected chi connectivity index (χ1v) is 8.42. The molecule has 4 heteroatoms. The molecule has 2 aliphatic heterocycles. The summed E-state index contributed by atoms with van der Waals surface area (Å²) in [7, 11) is 2.10. The van der Waals surface area contributed by atoms with Crippen LogP contribution in [0.25, 0.3) is 0 Å². The normalized spacial score (nSPS) is 34.0. The third kappa shape index (κ3) is 3.62. The Hall–Kier alpha value is 0.230. The van der Waals surface area contributed by atoms with Gasteiger partial charge in [0.25, 0.3) is 0 Å². The van der Waals surface area contributed by atoms with Gasteiger partial charge in [0.1, 0.15) is 0 Å². The maximum Gasteiger partial charge on any atom is 0.0939 e. The highest BCUT2D eigenvalue weighted by Gasteiger charge is 2.42. The molecule has 3 atom stereocenters. The second-order valence-corrected chi connectivity index (χ2v) is 6.71. The van der Waals surface area contributed by atoms with Crippen LogP contribution in [0.2, 0.25) is 0 Å². The number of thioether (sulfide) groups is 1. The van der Waals surface area contributed by atoms with Crippen LogP contribution in [0, 0.1) is 5.92 Å². The summed E-state index contributed by atoms with van der Waals surface area (Å²) in [4.78, 5) is 0. The summed E-state index contributed by atoms with van der Waals surface area (Å²) in [6, 6.07) is 0.628. The van der Waals surface area contributed by atoms with E-state index in [1.165, 1.54) is 30.8 Å². The second-order valence-electron chi connectivity index (χ2n) is 5.56. The molecular weight excluding hydrogens is 246 g/mol. The molecule has 106 valence electrons. The Morgan fingerprint density at radius 1 is 1.44 bits per heavy atom. The summed E-state index contributed by atoms with van der Waals surface area (Å²) in [6.07, 6.45) is 4.72. The van der Waals surface area contributed by atoms with E-state index in [4.69, 9.17) is 9.47 Å². The van der Waals surface area contributed by atoms with Crippen molar-refractivity contribution in [3.05, 3.63) is 0 Å². The SMILES string of the molecule is CCCSCC(NC)C1CCOC2(CCOC2)C1. The first-order valence-electron chi connectivity index (χ1n) is 7.26. The van der Waals surface area contributed by atoms with Crippen molar-refractivity contribution < 1.29 is 9.47 Å². The molecule has 2 aliphatic rings. The largest absolute Gasteiger partial charge is 0.378 e. The lowest BCUT2D eigenvalue weighted by Gasteiger charge is -2.40. The molecule has 0 aromatic carbocycles. The van der Waals surface area contributed by atoms with Gasteiger partial charge in [0.05, 0.1) is 12.2 Å². The molecule has 0 bridgehead atoms. The van der Waals surface area contributed by atoms with Gasteiger partial charge < -0.3 is 14.8 Å². The van der Waals surface area contributed by atoms with Crippen molar-refractivity contribution in [1.29, 1.82) is 0 Å². The Morgan fingerprint density at radius 3 is 3.00 bits per heavy atom. The fourth-order valence-corrected chi connectivity index (χ4v) is 4.23. The van der Waals surface area contributed by atoms with Crippen LogP contribution in [0.5, 0.6) is 0 Å². The molecule has 1 spiro atoms. The predicted octanol–water partition coefficient (Wildman–Crippen LogP) is 2.30. The summed E-state index contributed by atoms with van der Waals surface area (Å²) in [5.41, 5.74) is 0.0490. The first-order chi connectivity index (χ1) is 8.79. The van der Waals surface area contributed by atoms with Crippen molar-refractivity contribution in [2.45, 2.75) is 44.2 Å². The molecule has 0 radical (unpaired) electrons. The minimum absolute atomic E-state index is 0.0490. The van der Waals surface area contributed by atoms with E-state index < -0.39 is 0 Å². The molecule has 0 aromatic rings. The van der Waals surface area contributed by atoms with Gasteiger partial charge >= 0.3 is 0 Å². The van der Waals surface area contributed by atoms with Gasteiger partial charge in [0, 0.05) is 31.4 Å². The summed E-state index contributed by atoms with van der Waals surface area (Å²) in [6.45, 7) is 4.84. The van der Waals surface area contributed by atoms with Gasteiger partial charge in [-0.2, -0.15) is 11.8 Å². The molecule has 2 heterocycles. The zero-order valence-corrected chi connectivity index (χ0v) is 12.6. The summed E-state index contributed by atoms with van der Waals surface area (Å²) < 4.78 is 11.6. The van der Waals surface area contributed by atoms with Crippen LogP contribution in [0.4, 0.5) is 0 Å². The van der Waals surface area contributed by atoms with Crippen LogP contribution in [0.1, 0.15) is 32.6 Å². The monoisotopic (exact) mass is 273 g/mol. The number of nitrogens with one attached hydrogen (secondary N) is 1. The Morgan fingerprint density at radius 2 is 2.33 bits per heavy atom. The average molecular weight is 273 g/mol. The number of ether oxygens (including phenoxy) is 2. The van der Waals surface area contributed by atoms with Crippen molar-refractivity contribution in [2.24, 2.45) is 5.92 Å². The van der Waals surface area contributed by atoms with Crippen molar-refractivity contribution >= 4 is 11.8 Å². The molecule has 3 nitrogen and oxygen atoms in total. The zero-order valence-electron chi connectivity index (χ0n) is 11.7. The maximum absolute atomic E-state index is 6.02. The molecule has 0 saturated carbocycles. The van der Waals surface area contributed by atoms with Crippen LogP contribution >= 0.6 is 11.8 Å². The van der Waals surface area contributed by atoms with Crippen molar-refractivity contribution in [3.8, 4) is 0 Å². The van der Waals surface area contributed by atoms with E-state index in [1.807, 2.05) is 0 Å².